The van der Waals surface area contributed by atoms with E-state index < -0.39 is 17.7 Å². The molecule has 3 atom stereocenters. The molecule has 2 aromatic rings. The SMILES string of the molecule is COCCOCO[C@H]1CCC(=O)N(C2c3cc4nonc4cc3OC(C)(C)C2O)C1. The molecule has 164 valence electrons. The number of nitrogens with zero attached hydrogens (tertiary/aromatic N) is 3. The van der Waals surface area contributed by atoms with Crippen molar-refractivity contribution in [1.29, 1.82) is 0 Å². The summed E-state index contributed by atoms with van der Waals surface area (Å²) in [4.78, 5) is 14.5. The van der Waals surface area contributed by atoms with Crippen LogP contribution in [0.3, 0.4) is 0 Å². The topological polar surface area (TPSA) is 116 Å². The fourth-order valence-electron chi connectivity index (χ4n) is 3.97. The van der Waals surface area contributed by atoms with E-state index in [1.54, 1.807) is 38.0 Å². The van der Waals surface area contributed by atoms with Gasteiger partial charge in [0.15, 0.2) is 0 Å². The lowest BCUT2D eigenvalue weighted by atomic mass is 9.84. The van der Waals surface area contributed by atoms with Gasteiger partial charge >= 0.3 is 0 Å². The molecule has 4 rings (SSSR count). The Bertz CT molecular complexity index is 900. The summed E-state index contributed by atoms with van der Waals surface area (Å²) in [7, 11) is 1.61. The first-order valence-corrected chi connectivity index (χ1v) is 10.0. The highest BCUT2D eigenvalue weighted by Gasteiger charge is 2.48. The molecule has 0 bridgehead atoms. The minimum Gasteiger partial charge on any atom is -0.485 e. The molecule has 0 spiro atoms. The molecule has 3 heterocycles. The Morgan fingerprint density at radius 1 is 1.27 bits per heavy atom. The molecule has 1 amide bonds. The van der Waals surface area contributed by atoms with E-state index in [0.29, 0.717) is 54.9 Å². The van der Waals surface area contributed by atoms with Crippen molar-refractivity contribution in [2.45, 2.75) is 50.5 Å². The first-order valence-electron chi connectivity index (χ1n) is 10.0. The first-order chi connectivity index (χ1) is 14.4. The highest BCUT2D eigenvalue weighted by atomic mass is 16.7. The molecule has 0 aliphatic carbocycles. The Balaban J connectivity index is 1.58. The van der Waals surface area contributed by atoms with E-state index >= 15 is 0 Å². The van der Waals surface area contributed by atoms with Gasteiger partial charge in [0, 0.05) is 31.7 Å². The Morgan fingerprint density at radius 2 is 2.03 bits per heavy atom. The molecule has 1 N–H and O–H groups in total. The molecule has 30 heavy (non-hydrogen) atoms. The van der Waals surface area contributed by atoms with Gasteiger partial charge in [-0.25, -0.2) is 4.63 Å². The van der Waals surface area contributed by atoms with Crippen molar-refractivity contribution in [1.82, 2.24) is 15.2 Å². The fraction of sp³-hybridized carbons (Fsp3) is 0.650. The van der Waals surface area contributed by atoms with Crippen LogP contribution in [0.5, 0.6) is 5.75 Å². The van der Waals surface area contributed by atoms with Gasteiger partial charge in [-0.15, -0.1) is 0 Å². The molecule has 1 aromatic carbocycles. The van der Waals surface area contributed by atoms with Crippen LogP contribution in [0.2, 0.25) is 0 Å². The van der Waals surface area contributed by atoms with Crippen LogP contribution in [-0.2, 0) is 19.0 Å². The van der Waals surface area contributed by atoms with Crippen molar-refractivity contribution >= 4 is 16.9 Å². The lowest BCUT2D eigenvalue weighted by Gasteiger charge is -2.48. The maximum atomic E-state index is 12.9. The Labute approximate surface area is 174 Å². The Morgan fingerprint density at radius 3 is 2.80 bits per heavy atom. The predicted molar refractivity (Wildman–Crippen MR) is 104 cm³/mol. The van der Waals surface area contributed by atoms with E-state index in [1.807, 2.05) is 0 Å². The highest BCUT2D eigenvalue weighted by Crippen LogP contribution is 2.45. The van der Waals surface area contributed by atoms with Crippen molar-refractivity contribution < 1.29 is 33.5 Å². The molecule has 2 aliphatic rings. The maximum Gasteiger partial charge on any atom is 0.223 e. The van der Waals surface area contributed by atoms with Crippen LogP contribution in [0.25, 0.3) is 11.0 Å². The summed E-state index contributed by atoms with van der Waals surface area (Å²) in [6.07, 6.45) is -0.201. The van der Waals surface area contributed by atoms with Gasteiger partial charge in [0.2, 0.25) is 5.91 Å². The zero-order valence-electron chi connectivity index (χ0n) is 17.4. The normalized spacial score (nSPS) is 25.9. The van der Waals surface area contributed by atoms with E-state index in [0.717, 1.165) is 0 Å². The number of likely N-dealkylation sites (tertiary alicyclic amines) is 1. The number of fused-ring (bicyclic) bond motifs is 2. The molecule has 10 nitrogen and oxygen atoms in total. The van der Waals surface area contributed by atoms with Gasteiger partial charge in [-0.3, -0.25) is 4.79 Å². The lowest BCUT2D eigenvalue weighted by Crippen LogP contribution is -2.57. The minimum atomic E-state index is -0.942. The first kappa shape index (κ1) is 21.0. The summed E-state index contributed by atoms with van der Waals surface area (Å²) in [5, 5.41) is 18.9. The highest BCUT2D eigenvalue weighted by molar-refractivity contribution is 5.80. The number of ether oxygens (including phenoxy) is 4. The van der Waals surface area contributed by atoms with Crippen molar-refractivity contribution in [3.63, 3.8) is 0 Å². The summed E-state index contributed by atoms with van der Waals surface area (Å²) in [5.74, 6) is 0.512. The zero-order chi connectivity index (χ0) is 21.3. The number of benzene rings is 1. The smallest absolute Gasteiger partial charge is 0.223 e. The van der Waals surface area contributed by atoms with Crippen molar-refractivity contribution in [2.24, 2.45) is 0 Å². The molecule has 1 fully saturated rings. The Kier molecular flexibility index (Phi) is 5.92. The summed E-state index contributed by atoms with van der Waals surface area (Å²) in [6.45, 7) is 4.99. The molecule has 0 saturated carbocycles. The number of piperidine rings is 1. The number of aromatic nitrogens is 2. The van der Waals surface area contributed by atoms with Gasteiger partial charge in [0.05, 0.1) is 25.4 Å². The van der Waals surface area contributed by atoms with Crippen LogP contribution >= 0.6 is 0 Å². The van der Waals surface area contributed by atoms with E-state index in [2.05, 4.69) is 10.3 Å². The summed E-state index contributed by atoms with van der Waals surface area (Å²) >= 11 is 0. The third-order valence-corrected chi connectivity index (χ3v) is 5.64. The number of carbonyl (C=O) groups excluding carboxylic acids is 1. The van der Waals surface area contributed by atoms with Crippen molar-refractivity contribution in [3.05, 3.63) is 17.7 Å². The molecule has 1 saturated heterocycles. The number of carbonyl (C=O) groups is 1. The Hall–Kier alpha value is -2.27. The number of amides is 1. The average molecular weight is 421 g/mol. The van der Waals surface area contributed by atoms with Crippen molar-refractivity contribution in [2.75, 3.05) is 33.7 Å². The number of rotatable bonds is 7. The van der Waals surface area contributed by atoms with Crippen LogP contribution in [0.15, 0.2) is 16.8 Å². The monoisotopic (exact) mass is 421 g/mol. The van der Waals surface area contributed by atoms with Gasteiger partial charge in [-0.05, 0) is 36.6 Å². The second kappa shape index (κ2) is 8.46. The third-order valence-electron chi connectivity index (χ3n) is 5.64. The zero-order valence-corrected chi connectivity index (χ0v) is 17.4. The largest absolute Gasteiger partial charge is 0.485 e. The van der Waals surface area contributed by atoms with Crippen LogP contribution in [-0.4, -0.2) is 77.7 Å². The molecular formula is C20H27N3O7. The number of hydrogen-bond acceptors (Lipinski definition) is 9. The summed E-state index contributed by atoms with van der Waals surface area (Å²) in [5.41, 5.74) is 0.868. The molecule has 0 radical (unpaired) electrons. The third kappa shape index (κ3) is 4.00. The number of aliphatic hydroxyl groups excluding tert-OH is 1. The van der Waals surface area contributed by atoms with Gasteiger partial charge in [0.1, 0.15) is 35.3 Å². The van der Waals surface area contributed by atoms with Gasteiger partial charge in [-0.1, -0.05) is 0 Å². The van der Waals surface area contributed by atoms with Gasteiger partial charge in [-0.2, -0.15) is 0 Å². The van der Waals surface area contributed by atoms with Crippen LogP contribution in [0, 0.1) is 0 Å². The second-order valence-electron chi connectivity index (χ2n) is 8.13. The van der Waals surface area contributed by atoms with E-state index in [1.165, 1.54) is 0 Å². The van der Waals surface area contributed by atoms with Crippen LogP contribution in [0.4, 0.5) is 0 Å². The van der Waals surface area contributed by atoms with Crippen LogP contribution in [0.1, 0.15) is 38.3 Å². The average Bonchev–Trinajstić information content (AvgIpc) is 3.16. The predicted octanol–water partition coefficient (Wildman–Crippen LogP) is 1.42. The number of hydrogen-bond donors (Lipinski definition) is 1. The van der Waals surface area contributed by atoms with Crippen LogP contribution < -0.4 is 4.74 Å². The number of methoxy groups -OCH3 is 1. The molecule has 10 heteroatoms. The fourth-order valence-corrected chi connectivity index (χ4v) is 3.97. The van der Waals surface area contributed by atoms with E-state index in [9.17, 15) is 9.90 Å². The lowest BCUT2D eigenvalue weighted by molar-refractivity contribution is -0.162. The summed E-state index contributed by atoms with van der Waals surface area (Å²) in [6, 6.07) is 2.89. The molecular weight excluding hydrogens is 394 g/mol. The molecule has 2 unspecified atom stereocenters. The molecule has 1 aromatic heterocycles. The minimum absolute atomic E-state index is 0.0405. The van der Waals surface area contributed by atoms with Gasteiger partial charge in [0.25, 0.3) is 0 Å². The number of aliphatic hydroxyl groups is 1. The van der Waals surface area contributed by atoms with Gasteiger partial charge < -0.3 is 29.0 Å². The summed E-state index contributed by atoms with van der Waals surface area (Å²) < 4.78 is 27.0. The van der Waals surface area contributed by atoms with E-state index in [-0.39, 0.29) is 18.8 Å². The van der Waals surface area contributed by atoms with E-state index in [4.69, 9.17) is 23.6 Å². The van der Waals surface area contributed by atoms with Crippen molar-refractivity contribution in [3.8, 4) is 5.75 Å². The standard InChI is InChI=1S/C20H27N3O7/c1-20(2)19(25)18(13-8-14-15(22-30-21-14)9-16(13)29-20)23-10-12(4-5-17(23)24)28-11-27-7-6-26-3/h8-9,12,18-19,25H,4-7,10-11H2,1-3H3/t12-,18?,19?/m0/s1. The maximum absolute atomic E-state index is 12.9. The second-order valence-corrected chi connectivity index (χ2v) is 8.13. The quantitative estimate of drug-likeness (QED) is 0.523. The molecule has 2 aliphatic heterocycles.